The Kier molecular flexibility index (Phi) is 9.60. The third-order valence-corrected chi connectivity index (χ3v) is 4.63. The lowest BCUT2D eigenvalue weighted by Crippen LogP contribution is -2.46. The molecule has 0 radical (unpaired) electrons. The number of carbonyl (C=O) groups excluding carboxylic acids is 2. The zero-order valence-corrected chi connectivity index (χ0v) is 15.8. The van der Waals surface area contributed by atoms with Gasteiger partial charge in [-0.05, 0) is 45.2 Å². The van der Waals surface area contributed by atoms with E-state index in [0.717, 1.165) is 58.2 Å². The molecule has 2 amide bonds. The SMILES string of the molecule is Cc1occc1C(=O)NC1CCN(C(=O)CCCCCCN)CC1.Cl. The molecular formula is C18H30ClN3O3. The summed E-state index contributed by atoms with van der Waals surface area (Å²) in [6.45, 7) is 3.95. The van der Waals surface area contributed by atoms with Crippen LogP contribution < -0.4 is 11.1 Å². The topological polar surface area (TPSA) is 88.6 Å². The first-order valence-electron chi connectivity index (χ1n) is 8.94. The Morgan fingerprint density at radius 1 is 1.24 bits per heavy atom. The molecule has 7 heteroatoms. The van der Waals surface area contributed by atoms with Gasteiger partial charge in [0.15, 0.2) is 0 Å². The summed E-state index contributed by atoms with van der Waals surface area (Å²) in [6.07, 6.45) is 7.91. The molecule has 25 heavy (non-hydrogen) atoms. The zero-order chi connectivity index (χ0) is 17.4. The summed E-state index contributed by atoms with van der Waals surface area (Å²) in [4.78, 5) is 26.3. The van der Waals surface area contributed by atoms with Crippen molar-refractivity contribution in [3.63, 3.8) is 0 Å². The highest BCUT2D eigenvalue weighted by Gasteiger charge is 2.24. The average molecular weight is 372 g/mol. The fraction of sp³-hybridized carbons (Fsp3) is 0.667. The number of nitrogens with one attached hydrogen (secondary N) is 1. The normalized spacial score (nSPS) is 14.9. The van der Waals surface area contributed by atoms with E-state index in [-0.39, 0.29) is 30.3 Å². The number of unbranched alkanes of at least 4 members (excludes halogenated alkanes) is 3. The number of halogens is 1. The van der Waals surface area contributed by atoms with E-state index in [1.807, 2.05) is 4.90 Å². The first-order valence-corrected chi connectivity index (χ1v) is 8.94. The minimum atomic E-state index is -0.0917. The van der Waals surface area contributed by atoms with Crippen LogP contribution in [-0.4, -0.2) is 42.4 Å². The van der Waals surface area contributed by atoms with Crippen molar-refractivity contribution in [1.29, 1.82) is 0 Å². The molecule has 1 aliphatic heterocycles. The third kappa shape index (κ3) is 6.71. The molecule has 1 aromatic heterocycles. The van der Waals surface area contributed by atoms with Crippen molar-refractivity contribution >= 4 is 24.2 Å². The van der Waals surface area contributed by atoms with Crippen LogP contribution in [0.4, 0.5) is 0 Å². The summed E-state index contributed by atoms with van der Waals surface area (Å²) in [5.74, 6) is 0.777. The van der Waals surface area contributed by atoms with Crippen LogP contribution in [0, 0.1) is 6.92 Å². The molecular weight excluding hydrogens is 342 g/mol. The van der Waals surface area contributed by atoms with Gasteiger partial charge in [-0.15, -0.1) is 12.4 Å². The minimum Gasteiger partial charge on any atom is -0.469 e. The number of piperidine rings is 1. The second-order valence-electron chi connectivity index (χ2n) is 6.47. The third-order valence-electron chi connectivity index (χ3n) is 4.63. The number of amides is 2. The molecule has 0 aliphatic carbocycles. The summed E-state index contributed by atoms with van der Waals surface area (Å²) >= 11 is 0. The standard InChI is InChI=1S/C18H29N3O3.ClH/c1-14-16(9-13-24-14)18(23)20-15-7-11-21(12-8-15)17(22)6-4-2-3-5-10-19;/h9,13,15H,2-8,10-12,19H2,1H3,(H,20,23);1H. The van der Waals surface area contributed by atoms with Crippen LogP contribution in [-0.2, 0) is 4.79 Å². The van der Waals surface area contributed by atoms with Crippen molar-refractivity contribution in [2.75, 3.05) is 19.6 Å². The molecule has 142 valence electrons. The largest absolute Gasteiger partial charge is 0.469 e. The molecule has 1 aliphatic rings. The highest BCUT2D eigenvalue weighted by Crippen LogP contribution is 2.15. The van der Waals surface area contributed by atoms with Gasteiger partial charge in [0.2, 0.25) is 5.91 Å². The Hall–Kier alpha value is -1.53. The van der Waals surface area contributed by atoms with Gasteiger partial charge in [0.1, 0.15) is 5.76 Å². The van der Waals surface area contributed by atoms with Crippen LogP contribution >= 0.6 is 12.4 Å². The molecule has 1 fully saturated rings. The Morgan fingerprint density at radius 2 is 1.92 bits per heavy atom. The number of hydrogen-bond acceptors (Lipinski definition) is 4. The maximum atomic E-state index is 12.2. The lowest BCUT2D eigenvalue weighted by atomic mass is 10.0. The highest BCUT2D eigenvalue weighted by molar-refractivity contribution is 5.95. The van der Waals surface area contributed by atoms with Crippen molar-refractivity contribution in [3.05, 3.63) is 23.7 Å². The van der Waals surface area contributed by atoms with E-state index in [2.05, 4.69) is 5.32 Å². The van der Waals surface area contributed by atoms with Crippen LogP contribution in [0.1, 0.15) is 61.1 Å². The minimum absolute atomic E-state index is 0. The van der Waals surface area contributed by atoms with Crippen molar-refractivity contribution in [2.24, 2.45) is 5.73 Å². The summed E-state index contributed by atoms with van der Waals surface area (Å²) in [5.41, 5.74) is 6.05. The molecule has 3 N–H and O–H groups in total. The van der Waals surface area contributed by atoms with Gasteiger partial charge in [-0.3, -0.25) is 9.59 Å². The van der Waals surface area contributed by atoms with E-state index < -0.39 is 0 Å². The van der Waals surface area contributed by atoms with E-state index in [1.165, 1.54) is 6.26 Å². The van der Waals surface area contributed by atoms with Gasteiger partial charge < -0.3 is 20.4 Å². The lowest BCUT2D eigenvalue weighted by Gasteiger charge is -2.32. The Balaban J connectivity index is 0.00000312. The number of hydrogen-bond donors (Lipinski definition) is 2. The summed E-state index contributed by atoms with van der Waals surface area (Å²) in [7, 11) is 0. The predicted molar refractivity (Wildman–Crippen MR) is 99.9 cm³/mol. The number of nitrogens with two attached hydrogens (primary N) is 1. The number of rotatable bonds is 8. The van der Waals surface area contributed by atoms with Crippen LogP contribution in [0.15, 0.2) is 16.7 Å². The number of likely N-dealkylation sites (tertiary alicyclic amines) is 1. The molecule has 0 aromatic carbocycles. The van der Waals surface area contributed by atoms with Crippen LogP contribution in [0.2, 0.25) is 0 Å². The molecule has 0 bridgehead atoms. The molecule has 0 spiro atoms. The van der Waals surface area contributed by atoms with Crippen molar-refractivity contribution in [1.82, 2.24) is 10.2 Å². The maximum Gasteiger partial charge on any atom is 0.255 e. The first-order chi connectivity index (χ1) is 11.6. The predicted octanol–water partition coefficient (Wildman–Crippen LogP) is 2.64. The van der Waals surface area contributed by atoms with Gasteiger partial charge in [0, 0.05) is 25.6 Å². The molecule has 0 unspecified atom stereocenters. The van der Waals surface area contributed by atoms with E-state index in [1.54, 1.807) is 13.0 Å². The average Bonchev–Trinajstić information content (AvgIpc) is 3.01. The smallest absolute Gasteiger partial charge is 0.255 e. The van der Waals surface area contributed by atoms with Crippen LogP contribution in [0.25, 0.3) is 0 Å². The van der Waals surface area contributed by atoms with Crippen LogP contribution in [0.5, 0.6) is 0 Å². The molecule has 2 heterocycles. The van der Waals surface area contributed by atoms with Gasteiger partial charge in [-0.1, -0.05) is 12.8 Å². The second kappa shape index (κ2) is 11.2. The quantitative estimate of drug-likeness (QED) is 0.687. The van der Waals surface area contributed by atoms with E-state index >= 15 is 0 Å². The first kappa shape index (κ1) is 21.5. The number of nitrogens with zero attached hydrogens (tertiary/aromatic N) is 1. The van der Waals surface area contributed by atoms with Crippen molar-refractivity contribution in [2.45, 2.75) is 57.9 Å². The van der Waals surface area contributed by atoms with Gasteiger partial charge in [0.25, 0.3) is 5.91 Å². The molecule has 1 saturated heterocycles. The Morgan fingerprint density at radius 3 is 2.52 bits per heavy atom. The Bertz CT molecular complexity index is 539. The molecule has 1 aromatic rings. The van der Waals surface area contributed by atoms with Gasteiger partial charge >= 0.3 is 0 Å². The fourth-order valence-corrected chi connectivity index (χ4v) is 3.09. The van der Waals surface area contributed by atoms with Crippen molar-refractivity contribution in [3.8, 4) is 0 Å². The number of carbonyl (C=O) groups is 2. The van der Waals surface area contributed by atoms with Gasteiger partial charge in [-0.2, -0.15) is 0 Å². The second-order valence-corrected chi connectivity index (χ2v) is 6.47. The molecule has 2 rings (SSSR count). The fourth-order valence-electron chi connectivity index (χ4n) is 3.09. The van der Waals surface area contributed by atoms with E-state index in [0.29, 0.717) is 17.7 Å². The van der Waals surface area contributed by atoms with E-state index in [4.69, 9.17) is 10.2 Å². The Labute approximate surface area is 155 Å². The summed E-state index contributed by atoms with van der Waals surface area (Å²) in [6, 6.07) is 1.81. The maximum absolute atomic E-state index is 12.2. The van der Waals surface area contributed by atoms with Gasteiger partial charge in [0.05, 0.1) is 11.8 Å². The van der Waals surface area contributed by atoms with E-state index in [9.17, 15) is 9.59 Å². The lowest BCUT2D eigenvalue weighted by molar-refractivity contribution is -0.132. The van der Waals surface area contributed by atoms with Crippen LogP contribution in [0.3, 0.4) is 0 Å². The number of furan rings is 1. The molecule has 0 saturated carbocycles. The van der Waals surface area contributed by atoms with Crippen molar-refractivity contribution < 1.29 is 14.0 Å². The summed E-state index contributed by atoms with van der Waals surface area (Å²) in [5, 5.41) is 3.04. The highest BCUT2D eigenvalue weighted by atomic mass is 35.5. The van der Waals surface area contributed by atoms with Gasteiger partial charge in [-0.25, -0.2) is 0 Å². The number of aryl methyl sites for hydroxylation is 1. The zero-order valence-electron chi connectivity index (χ0n) is 15.0. The monoisotopic (exact) mass is 371 g/mol. The molecule has 0 atom stereocenters. The molecule has 6 nitrogen and oxygen atoms in total. The summed E-state index contributed by atoms with van der Waals surface area (Å²) < 4.78 is 5.16.